The van der Waals surface area contributed by atoms with E-state index >= 15 is 0 Å². The van der Waals surface area contributed by atoms with Crippen LogP contribution in [0.2, 0.25) is 0 Å². The fraction of sp³-hybridized carbons (Fsp3) is 0.667. The molecule has 1 fully saturated rings. The Kier molecular flexibility index (Phi) is 3.77. The molecule has 92 valence electrons. The lowest BCUT2D eigenvalue weighted by atomic mass is 10.0. The Hall–Kier alpha value is -1.38. The van der Waals surface area contributed by atoms with Gasteiger partial charge in [-0.1, -0.05) is 0 Å². The smallest absolute Gasteiger partial charge is 0.127 e. The lowest BCUT2D eigenvalue weighted by Crippen LogP contribution is -2.32. The van der Waals surface area contributed by atoms with Crippen LogP contribution in [0, 0.1) is 25.2 Å². The van der Waals surface area contributed by atoms with Crippen molar-refractivity contribution in [2.75, 3.05) is 26.2 Å². The van der Waals surface area contributed by atoms with E-state index in [1.165, 1.54) is 0 Å². The first-order chi connectivity index (χ1) is 8.24. The van der Waals surface area contributed by atoms with Crippen molar-refractivity contribution in [1.82, 2.24) is 20.4 Å². The molecular weight excluding hydrogens is 214 g/mol. The molecule has 2 heterocycles. The van der Waals surface area contributed by atoms with Crippen LogP contribution in [0.15, 0.2) is 0 Å². The van der Waals surface area contributed by atoms with Crippen molar-refractivity contribution in [3.63, 3.8) is 0 Å². The van der Waals surface area contributed by atoms with Gasteiger partial charge in [-0.25, -0.2) is 0 Å². The van der Waals surface area contributed by atoms with Crippen LogP contribution in [0.5, 0.6) is 0 Å². The maximum Gasteiger partial charge on any atom is 0.127 e. The molecule has 0 spiro atoms. The number of rotatable bonds is 2. The predicted molar refractivity (Wildman–Crippen MR) is 65.5 cm³/mol. The number of aromatic amines is 1. The maximum absolute atomic E-state index is 9.44. The van der Waals surface area contributed by atoms with E-state index in [4.69, 9.17) is 0 Å². The summed E-state index contributed by atoms with van der Waals surface area (Å²) < 4.78 is 0. The van der Waals surface area contributed by atoms with Gasteiger partial charge in [0.25, 0.3) is 0 Å². The summed E-state index contributed by atoms with van der Waals surface area (Å²) in [6.45, 7) is 7.82. The molecule has 1 unspecified atom stereocenters. The predicted octanol–water partition coefficient (Wildman–Crippen LogP) is 0.887. The van der Waals surface area contributed by atoms with Crippen molar-refractivity contribution in [1.29, 1.82) is 5.26 Å². The molecule has 0 saturated carbocycles. The van der Waals surface area contributed by atoms with E-state index in [1.807, 2.05) is 13.8 Å². The highest BCUT2D eigenvalue weighted by atomic mass is 15.2. The van der Waals surface area contributed by atoms with Crippen LogP contribution in [-0.2, 0) is 0 Å². The monoisotopic (exact) mass is 233 g/mol. The average molecular weight is 233 g/mol. The SMILES string of the molecule is Cc1n[nH]c(C)c1C(C#N)N1CCCNCC1. The van der Waals surface area contributed by atoms with Gasteiger partial charge in [-0.2, -0.15) is 10.4 Å². The maximum atomic E-state index is 9.44. The number of aromatic nitrogens is 2. The van der Waals surface area contributed by atoms with E-state index < -0.39 is 0 Å². The van der Waals surface area contributed by atoms with Crippen LogP contribution in [0.4, 0.5) is 0 Å². The number of hydrogen-bond acceptors (Lipinski definition) is 4. The first-order valence-electron chi connectivity index (χ1n) is 6.10. The minimum atomic E-state index is -0.173. The van der Waals surface area contributed by atoms with Gasteiger partial charge in [0.2, 0.25) is 0 Å². The van der Waals surface area contributed by atoms with Crippen molar-refractivity contribution in [2.24, 2.45) is 0 Å². The molecule has 0 amide bonds. The molecule has 1 aromatic rings. The minimum absolute atomic E-state index is 0.173. The number of nitrogens with zero attached hydrogens (tertiary/aromatic N) is 3. The second kappa shape index (κ2) is 5.30. The quantitative estimate of drug-likeness (QED) is 0.796. The Labute approximate surface area is 102 Å². The highest BCUT2D eigenvalue weighted by Gasteiger charge is 2.25. The lowest BCUT2D eigenvalue weighted by Gasteiger charge is -2.25. The molecule has 0 aliphatic carbocycles. The average Bonchev–Trinajstić information content (AvgIpc) is 2.59. The topological polar surface area (TPSA) is 67.7 Å². The third kappa shape index (κ3) is 2.48. The van der Waals surface area contributed by atoms with Gasteiger partial charge in [0.05, 0.1) is 11.8 Å². The molecule has 1 aliphatic heterocycles. The van der Waals surface area contributed by atoms with E-state index in [1.54, 1.807) is 0 Å². The Morgan fingerprint density at radius 2 is 2.18 bits per heavy atom. The molecule has 1 saturated heterocycles. The molecule has 5 heteroatoms. The van der Waals surface area contributed by atoms with Gasteiger partial charge < -0.3 is 5.32 Å². The molecule has 2 N–H and O–H groups in total. The van der Waals surface area contributed by atoms with Gasteiger partial charge in [0, 0.05) is 30.9 Å². The molecule has 1 aromatic heterocycles. The minimum Gasteiger partial charge on any atom is -0.315 e. The van der Waals surface area contributed by atoms with Gasteiger partial charge in [0.15, 0.2) is 0 Å². The van der Waals surface area contributed by atoms with Crippen LogP contribution in [-0.4, -0.2) is 41.3 Å². The second-order valence-corrected chi connectivity index (χ2v) is 4.52. The van der Waals surface area contributed by atoms with Gasteiger partial charge in [-0.3, -0.25) is 10.00 Å². The Morgan fingerprint density at radius 1 is 1.35 bits per heavy atom. The number of nitriles is 1. The first kappa shape index (κ1) is 12.1. The Balaban J connectivity index is 2.24. The molecule has 2 rings (SSSR count). The van der Waals surface area contributed by atoms with Crippen molar-refractivity contribution >= 4 is 0 Å². The van der Waals surface area contributed by atoms with Crippen LogP contribution in [0.3, 0.4) is 0 Å². The van der Waals surface area contributed by atoms with Crippen LogP contribution in [0.1, 0.15) is 29.4 Å². The summed E-state index contributed by atoms with van der Waals surface area (Å²) in [5.74, 6) is 0. The van der Waals surface area contributed by atoms with Crippen molar-refractivity contribution in [3.05, 3.63) is 17.0 Å². The Morgan fingerprint density at radius 3 is 2.82 bits per heavy atom. The summed E-state index contributed by atoms with van der Waals surface area (Å²) in [6, 6.07) is 2.25. The molecule has 17 heavy (non-hydrogen) atoms. The second-order valence-electron chi connectivity index (χ2n) is 4.52. The molecule has 0 aromatic carbocycles. The summed E-state index contributed by atoms with van der Waals surface area (Å²) in [6.07, 6.45) is 1.09. The summed E-state index contributed by atoms with van der Waals surface area (Å²) in [5, 5.41) is 19.9. The fourth-order valence-electron chi connectivity index (χ4n) is 2.42. The zero-order chi connectivity index (χ0) is 12.3. The number of H-pyrrole nitrogens is 1. The van der Waals surface area contributed by atoms with E-state index in [-0.39, 0.29) is 6.04 Å². The molecule has 5 nitrogen and oxygen atoms in total. The zero-order valence-corrected chi connectivity index (χ0v) is 10.5. The third-order valence-corrected chi connectivity index (χ3v) is 3.32. The number of aryl methyl sites for hydroxylation is 2. The first-order valence-corrected chi connectivity index (χ1v) is 6.10. The summed E-state index contributed by atoms with van der Waals surface area (Å²) in [7, 11) is 0. The van der Waals surface area contributed by atoms with E-state index in [0.717, 1.165) is 49.6 Å². The van der Waals surface area contributed by atoms with Crippen molar-refractivity contribution in [2.45, 2.75) is 26.3 Å². The molecular formula is C12H19N5. The highest BCUT2D eigenvalue weighted by molar-refractivity contribution is 5.31. The van der Waals surface area contributed by atoms with Crippen LogP contribution in [0.25, 0.3) is 0 Å². The highest BCUT2D eigenvalue weighted by Crippen LogP contribution is 2.25. The van der Waals surface area contributed by atoms with Gasteiger partial charge in [0.1, 0.15) is 6.04 Å². The van der Waals surface area contributed by atoms with Crippen molar-refractivity contribution in [3.8, 4) is 6.07 Å². The zero-order valence-electron chi connectivity index (χ0n) is 10.5. The van der Waals surface area contributed by atoms with Crippen molar-refractivity contribution < 1.29 is 0 Å². The van der Waals surface area contributed by atoms with E-state index in [9.17, 15) is 5.26 Å². The van der Waals surface area contributed by atoms with Gasteiger partial charge in [-0.15, -0.1) is 0 Å². The van der Waals surface area contributed by atoms with Gasteiger partial charge >= 0.3 is 0 Å². The summed E-state index contributed by atoms with van der Waals surface area (Å²) >= 11 is 0. The fourth-order valence-corrected chi connectivity index (χ4v) is 2.42. The molecule has 0 radical (unpaired) electrons. The summed E-state index contributed by atoms with van der Waals surface area (Å²) in [5.41, 5.74) is 2.99. The van der Waals surface area contributed by atoms with Crippen LogP contribution >= 0.6 is 0 Å². The number of hydrogen-bond donors (Lipinski definition) is 2. The van der Waals surface area contributed by atoms with E-state index in [0.29, 0.717) is 0 Å². The molecule has 1 atom stereocenters. The normalized spacial score (nSPS) is 19.6. The van der Waals surface area contributed by atoms with Crippen LogP contribution < -0.4 is 5.32 Å². The largest absolute Gasteiger partial charge is 0.315 e. The third-order valence-electron chi connectivity index (χ3n) is 3.32. The molecule has 1 aliphatic rings. The van der Waals surface area contributed by atoms with Gasteiger partial charge in [-0.05, 0) is 26.8 Å². The molecule has 0 bridgehead atoms. The Bertz CT molecular complexity index is 390. The number of nitrogens with one attached hydrogen (secondary N) is 2. The van der Waals surface area contributed by atoms with E-state index in [2.05, 4.69) is 26.5 Å². The lowest BCUT2D eigenvalue weighted by molar-refractivity contribution is 0.251. The summed E-state index contributed by atoms with van der Waals surface area (Å²) in [4.78, 5) is 2.24. The standard InChI is InChI=1S/C12H19N5/c1-9-12(10(2)16-15-9)11(8-13)17-6-3-4-14-5-7-17/h11,14H,3-7H2,1-2H3,(H,15,16).